The highest BCUT2D eigenvalue weighted by Crippen LogP contribution is 2.38. The minimum absolute atomic E-state index is 0.256. The molecule has 1 aliphatic rings. The molecule has 0 unspecified atom stereocenters. The van der Waals surface area contributed by atoms with E-state index in [2.05, 4.69) is 48.3 Å². The van der Waals surface area contributed by atoms with Crippen LogP contribution in [0.5, 0.6) is 0 Å². The van der Waals surface area contributed by atoms with E-state index in [9.17, 15) is 0 Å². The van der Waals surface area contributed by atoms with Gasteiger partial charge in [0.2, 0.25) is 0 Å². The molecule has 0 bridgehead atoms. The minimum atomic E-state index is 0.256. The molecule has 4 nitrogen and oxygen atoms in total. The van der Waals surface area contributed by atoms with Crippen molar-refractivity contribution in [1.29, 1.82) is 0 Å². The van der Waals surface area contributed by atoms with E-state index in [1.54, 1.807) is 0 Å². The lowest BCUT2D eigenvalue weighted by Gasteiger charge is -2.18. The highest BCUT2D eigenvalue weighted by atomic mass is 15.1. The molecule has 1 aromatic rings. The average Bonchev–Trinajstić information content (AvgIpc) is 3.08. The fourth-order valence-electron chi connectivity index (χ4n) is 1.86. The van der Waals surface area contributed by atoms with E-state index in [0.717, 1.165) is 42.4 Å². The Morgan fingerprint density at radius 2 is 1.83 bits per heavy atom. The molecule has 100 valence electrons. The van der Waals surface area contributed by atoms with Gasteiger partial charge in [-0.2, -0.15) is 0 Å². The summed E-state index contributed by atoms with van der Waals surface area (Å²) in [4.78, 5) is 9.20. The normalized spacial score (nSPS) is 16.4. The number of nitrogens with zero attached hydrogens (tertiary/aromatic N) is 2. The summed E-state index contributed by atoms with van der Waals surface area (Å²) in [6.07, 6.45) is 4.43. The van der Waals surface area contributed by atoms with E-state index < -0.39 is 0 Å². The van der Waals surface area contributed by atoms with Gasteiger partial charge >= 0.3 is 0 Å². The molecule has 18 heavy (non-hydrogen) atoms. The van der Waals surface area contributed by atoms with Crippen LogP contribution in [0.15, 0.2) is 0 Å². The predicted molar refractivity (Wildman–Crippen MR) is 76.2 cm³/mol. The van der Waals surface area contributed by atoms with E-state index in [1.165, 1.54) is 12.8 Å². The van der Waals surface area contributed by atoms with Crippen LogP contribution in [0.25, 0.3) is 0 Å². The van der Waals surface area contributed by atoms with Crippen LogP contribution in [-0.2, 0) is 6.42 Å². The van der Waals surface area contributed by atoms with E-state index in [0.29, 0.717) is 0 Å². The minimum Gasteiger partial charge on any atom is -0.370 e. The van der Waals surface area contributed by atoms with Crippen LogP contribution in [0.2, 0.25) is 0 Å². The van der Waals surface area contributed by atoms with Gasteiger partial charge in [0.05, 0.1) is 0 Å². The second-order valence-corrected chi connectivity index (χ2v) is 5.43. The third-order valence-electron chi connectivity index (χ3n) is 3.47. The molecule has 0 spiro atoms. The molecule has 1 saturated carbocycles. The quantitative estimate of drug-likeness (QED) is 0.812. The Bertz CT molecular complexity index is 424. The van der Waals surface area contributed by atoms with Crippen LogP contribution in [0.4, 0.5) is 11.6 Å². The average molecular weight is 248 g/mol. The van der Waals surface area contributed by atoms with Crippen molar-refractivity contribution >= 4 is 11.6 Å². The van der Waals surface area contributed by atoms with Crippen LogP contribution < -0.4 is 10.6 Å². The van der Waals surface area contributed by atoms with E-state index >= 15 is 0 Å². The maximum absolute atomic E-state index is 4.62. The van der Waals surface area contributed by atoms with Crippen molar-refractivity contribution in [2.45, 2.75) is 58.9 Å². The third kappa shape index (κ3) is 2.92. The summed E-state index contributed by atoms with van der Waals surface area (Å²) >= 11 is 0. The fraction of sp³-hybridized carbons (Fsp3) is 0.714. The lowest BCUT2D eigenvalue weighted by Crippen LogP contribution is -2.20. The molecular weight excluding hydrogens is 224 g/mol. The summed E-state index contributed by atoms with van der Waals surface area (Å²) < 4.78 is 0. The van der Waals surface area contributed by atoms with Crippen molar-refractivity contribution in [3.63, 3.8) is 0 Å². The second kappa shape index (κ2) is 5.12. The lowest BCUT2D eigenvalue weighted by atomic mass is 10.2. The lowest BCUT2D eigenvalue weighted by molar-refractivity contribution is 0.807. The fourth-order valence-corrected chi connectivity index (χ4v) is 1.86. The zero-order chi connectivity index (χ0) is 13.2. The van der Waals surface area contributed by atoms with Crippen molar-refractivity contribution < 1.29 is 0 Å². The summed E-state index contributed by atoms with van der Waals surface area (Å²) in [5.74, 6) is 2.89. The smallest absolute Gasteiger partial charge is 0.135 e. The molecule has 0 aromatic carbocycles. The first-order chi connectivity index (χ1) is 8.58. The van der Waals surface area contributed by atoms with Gasteiger partial charge in [0.15, 0.2) is 0 Å². The first-order valence-electron chi connectivity index (χ1n) is 6.97. The summed E-state index contributed by atoms with van der Waals surface area (Å²) in [6, 6.07) is 0. The number of rotatable bonds is 6. The molecule has 1 aromatic heterocycles. The highest BCUT2D eigenvalue weighted by Gasteiger charge is 2.38. The SMILES string of the molecule is CCCNc1nc(CC)nc(NC2(C)CC2)c1C. The summed E-state index contributed by atoms with van der Waals surface area (Å²) in [6.45, 7) is 9.55. The van der Waals surface area contributed by atoms with Crippen LogP contribution in [-0.4, -0.2) is 22.1 Å². The van der Waals surface area contributed by atoms with Gasteiger partial charge in [-0.25, -0.2) is 9.97 Å². The first kappa shape index (κ1) is 13.1. The standard InChI is InChI=1S/C14H24N4/c1-5-9-15-12-10(3)13(17-11(6-2)16-12)18-14(4)7-8-14/h5-9H2,1-4H3,(H2,15,16,17,18). The van der Waals surface area contributed by atoms with Gasteiger partial charge in [0.25, 0.3) is 0 Å². The number of anilines is 2. The number of aryl methyl sites for hydroxylation is 1. The van der Waals surface area contributed by atoms with Crippen molar-refractivity contribution in [2.24, 2.45) is 0 Å². The zero-order valence-electron chi connectivity index (χ0n) is 11.9. The zero-order valence-corrected chi connectivity index (χ0v) is 11.9. The molecule has 2 rings (SSSR count). The number of aromatic nitrogens is 2. The van der Waals surface area contributed by atoms with Crippen molar-refractivity contribution in [3.05, 3.63) is 11.4 Å². The molecule has 1 fully saturated rings. The van der Waals surface area contributed by atoms with E-state index in [-0.39, 0.29) is 5.54 Å². The molecule has 0 saturated heterocycles. The van der Waals surface area contributed by atoms with Gasteiger partial charge < -0.3 is 10.6 Å². The number of nitrogens with one attached hydrogen (secondary N) is 2. The van der Waals surface area contributed by atoms with Gasteiger partial charge in [-0.15, -0.1) is 0 Å². The Balaban J connectivity index is 2.25. The topological polar surface area (TPSA) is 49.8 Å². The molecule has 0 radical (unpaired) electrons. The van der Waals surface area contributed by atoms with Crippen LogP contribution in [0, 0.1) is 6.92 Å². The summed E-state index contributed by atoms with van der Waals surface area (Å²) in [5, 5.41) is 6.95. The van der Waals surface area contributed by atoms with Gasteiger partial charge in [0.1, 0.15) is 17.5 Å². The molecule has 1 heterocycles. The largest absolute Gasteiger partial charge is 0.370 e. The molecule has 1 aliphatic carbocycles. The first-order valence-corrected chi connectivity index (χ1v) is 6.97. The number of hydrogen-bond acceptors (Lipinski definition) is 4. The Hall–Kier alpha value is -1.32. The van der Waals surface area contributed by atoms with Gasteiger partial charge in [-0.1, -0.05) is 13.8 Å². The van der Waals surface area contributed by atoms with Crippen LogP contribution in [0.3, 0.4) is 0 Å². The molecule has 0 aliphatic heterocycles. The highest BCUT2D eigenvalue weighted by molar-refractivity contribution is 5.58. The number of hydrogen-bond donors (Lipinski definition) is 2. The summed E-state index contributed by atoms with van der Waals surface area (Å²) in [7, 11) is 0. The Kier molecular flexibility index (Phi) is 3.73. The maximum Gasteiger partial charge on any atom is 0.135 e. The summed E-state index contributed by atoms with van der Waals surface area (Å²) in [5.41, 5.74) is 1.39. The van der Waals surface area contributed by atoms with Crippen molar-refractivity contribution in [2.75, 3.05) is 17.2 Å². The van der Waals surface area contributed by atoms with E-state index in [4.69, 9.17) is 0 Å². The van der Waals surface area contributed by atoms with Crippen LogP contribution >= 0.6 is 0 Å². The molecule has 4 heteroatoms. The van der Waals surface area contributed by atoms with Crippen molar-refractivity contribution in [3.8, 4) is 0 Å². The van der Waals surface area contributed by atoms with Gasteiger partial charge in [-0.3, -0.25) is 0 Å². The predicted octanol–water partition coefficient (Wildman–Crippen LogP) is 3.13. The molecular formula is C14H24N4. The van der Waals surface area contributed by atoms with Crippen molar-refractivity contribution in [1.82, 2.24) is 9.97 Å². The Morgan fingerprint density at radius 1 is 1.17 bits per heavy atom. The second-order valence-electron chi connectivity index (χ2n) is 5.43. The Morgan fingerprint density at radius 3 is 2.39 bits per heavy atom. The molecule has 0 atom stereocenters. The molecule has 0 amide bonds. The van der Waals surface area contributed by atoms with Gasteiger partial charge in [-0.05, 0) is 33.1 Å². The molecule has 2 N–H and O–H groups in total. The van der Waals surface area contributed by atoms with E-state index in [1.807, 2.05) is 0 Å². The van der Waals surface area contributed by atoms with Gasteiger partial charge in [0, 0.05) is 24.1 Å². The third-order valence-corrected chi connectivity index (χ3v) is 3.47. The van der Waals surface area contributed by atoms with Crippen LogP contribution in [0.1, 0.15) is 51.4 Å². The Labute approximate surface area is 110 Å². The monoisotopic (exact) mass is 248 g/mol. The maximum atomic E-state index is 4.62.